The maximum Gasteiger partial charge on any atom is 0.251 e. The van der Waals surface area contributed by atoms with Crippen LogP contribution in [-0.4, -0.2) is 54.8 Å². The van der Waals surface area contributed by atoms with Gasteiger partial charge < -0.3 is 20.9 Å². The van der Waals surface area contributed by atoms with Crippen molar-refractivity contribution in [2.24, 2.45) is 0 Å². The maximum atomic E-state index is 12.1. The number of rotatable bonds is 4. The predicted molar refractivity (Wildman–Crippen MR) is 76.7 cm³/mol. The van der Waals surface area contributed by atoms with Crippen LogP contribution in [0.1, 0.15) is 17.3 Å². The summed E-state index contributed by atoms with van der Waals surface area (Å²) in [6, 6.07) is 4.54. The summed E-state index contributed by atoms with van der Waals surface area (Å²) < 4.78 is 5.29. The number of hydrogen-bond donors (Lipinski definition) is 3. The van der Waals surface area contributed by atoms with E-state index in [-0.39, 0.29) is 23.4 Å². The molecule has 110 valence electrons. The number of carbonyl (C=O) groups is 1. The Hall–Kier alpha value is -1.79. The number of carbonyl (C=O) groups excluding carboxylic acids is 1. The van der Waals surface area contributed by atoms with Crippen LogP contribution in [0.5, 0.6) is 5.75 Å². The summed E-state index contributed by atoms with van der Waals surface area (Å²) in [6.45, 7) is 6.02. The van der Waals surface area contributed by atoms with E-state index in [4.69, 9.17) is 10.5 Å². The maximum absolute atomic E-state index is 12.1. The van der Waals surface area contributed by atoms with Gasteiger partial charge in [0.25, 0.3) is 5.91 Å². The minimum Gasteiger partial charge on any atom is -0.506 e. The first-order valence-corrected chi connectivity index (χ1v) is 6.75. The molecule has 0 radical (unpaired) electrons. The zero-order valence-corrected chi connectivity index (χ0v) is 11.6. The highest BCUT2D eigenvalue weighted by Crippen LogP contribution is 2.20. The Morgan fingerprint density at radius 1 is 1.50 bits per heavy atom. The van der Waals surface area contributed by atoms with Gasteiger partial charge in [0.1, 0.15) is 5.75 Å². The van der Waals surface area contributed by atoms with Crippen LogP contribution < -0.4 is 11.1 Å². The van der Waals surface area contributed by atoms with Crippen molar-refractivity contribution in [1.29, 1.82) is 0 Å². The van der Waals surface area contributed by atoms with E-state index >= 15 is 0 Å². The molecule has 1 aliphatic heterocycles. The Morgan fingerprint density at radius 2 is 2.20 bits per heavy atom. The van der Waals surface area contributed by atoms with Gasteiger partial charge in [0.2, 0.25) is 0 Å². The number of nitrogens with two attached hydrogens (primary N) is 1. The summed E-state index contributed by atoms with van der Waals surface area (Å²) >= 11 is 0. The van der Waals surface area contributed by atoms with Crippen LogP contribution in [0.2, 0.25) is 0 Å². The third-order valence-corrected chi connectivity index (χ3v) is 3.31. The Labute approximate surface area is 118 Å². The van der Waals surface area contributed by atoms with Crippen LogP contribution >= 0.6 is 0 Å². The van der Waals surface area contributed by atoms with Gasteiger partial charge in [-0.15, -0.1) is 0 Å². The second kappa shape index (κ2) is 6.58. The Morgan fingerprint density at radius 3 is 2.85 bits per heavy atom. The highest BCUT2D eigenvalue weighted by Gasteiger charge is 2.16. The van der Waals surface area contributed by atoms with E-state index in [1.54, 1.807) is 6.07 Å². The molecule has 2 rings (SSSR count). The molecule has 20 heavy (non-hydrogen) atoms. The fraction of sp³-hybridized carbons (Fsp3) is 0.500. The molecule has 0 saturated carbocycles. The molecule has 1 aliphatic rings. The summed E-state index contributed by atoms with van der Waals surface area (Å²) in [6.07, 6.45) is 0. The number of amides is 1. The highest BCUT2D eigenvalue weighted by molar-refractivity contribution is 5.95. The van der Waals surface area contributed by atoms with E-state index in [1.165, 1.54) is 12.1 Å². The lowest BCUT2D eigenvalue weighted by atomic mass is 10.1. The standard InChI is InChI=1S/C14H21N3O3/c1-10(9-17-4-6-20-7-5-17)16-14(19)11-2-3-12(15)13(18)8-11/h2-3,8,10,18H,4-7,9,15H2,1H3,(H,16,19). The van der Waals surface area contributed by atoms with Crippen molar-refractivity contribution in [2.45, 2.75) is 13.0 Å². The molecule has 1 saturated heterocycles. The molecule has 1 unspecified atom stereocenters. The molecule has 4 N–H and O–H groups in total. The Bertz CT molecular complexity index is 473. The van der Waals surface area contributed by atoms with Crippen molar-refractivity contribution in [3.63, 3.8) is 0 Å². The average molecular weight is 279 g/mol. The first-order valence-electron chi connectivity index (χ1n) is 6.75. The molecule has 6 heteroatoms. The lowest BCUT2D eigenvalue weighted by Crippen LogP contribution is -2.46. The smallest absolute Gasteiger partial charge is 0.251 e. The van der Waals surface area contributed by atoms with E-state index in [0.29, 0.717) is 5.56 Å². The van der Waals surface area contributed by atoms with Gasteiger partial charge in [0.05, 0.1) is 18.9 Å². The number of benzene rings is 1. The molecular formula is C14H21N3O3. The minimum absolute atomic E-state index is 0.0281. The fourth-order valence-corrected chi connectivity index (χ4v) is 2.21. The van der Waals surface area contributed by atoms with Crippen LogP contribution in [0.3, 0.4) is 0 Å². The number of nitrogens with zero attached hydrogens (tertiary/aromatic N) is 1. The zero-order valence-electron chi connectivity index (χ0n) is 11.6. The quantitative estimate of drug-likeness (QED) is 0.549. The number of ether oxygens (including phenoxy) is 1. The van der Waals surface area contributed by atoms with Crippen LogP contribution in [-0.2, 0) is 4.74 Å². The minimum atomic E-state index is -0.207. The van der Waals surface area contributed by atoms with Crippen molar-refractivity contribution in [3.8, 4) is 5.75 Å². The zero-order chi connectivity index (χ0) is 14.5. The van der Waals surface area contributed by atoms with E-state index < -0.39 is 0 Å². The predicted octanol–water partition coefficient (Wildman–Crippen LogP) is 0.425. The summed E-state index contributed by atoms with van der Waals surface area (Å²) in [7, 11) is 0. The number of anilines is 1. The van der Waals surface area contributed by atoms with E-state index in [9.17, 15) is 9.90 Å². The van der Waals surface area contributed by atoms with Crippen molar-refractivity contribution in [3.05, 3.63) is 23.8 Å². The van der Waals surface area contributed by atoms with Gasteiger partial charge in [-0.2, -0.15) is 0 Å². The lowest BCUT2D eigenvalue weighted by molar-refractivity contribution is 0.0342. The molecule has 0 aromatic heterocycles. The third-order valence-electron chi connectivity index (χ3n) is 3.31. The molecule has 0 spiro atoms. The number of aromatic hydroxyl groups is 1. The number of nitrogens with one attached hydrogen (secondary N) is 1. The van der Waals surface area contributed by atoms with Crippen molar-refractivity contribution in [2.75, 3.05) is 38.6 Å². The first kappa shape index (κ1) is 14.6. The van der Waals surface area contributed by atoms with Crippen LogP contribution in [0.25, 0.3) is 0 Å². The van der Waals surface area contributed by atoms with E-state index in [1.807, 2.05) is 6.92 Å². The fourth-order valence-electron chi connectivity index (χ4n) is 2.21. The normalized spacial score (nSPS) is 17.6. The molecule has 1 heterocycles. The first-order chi connectivity index (χ1) is 9.56. The Kier molecular flexibility index (Phi) is 4.81. The lowest BCUT2D eigenvalue weighted by Gasteiger charge is -2.29. The molecule has 1 aromatic rings. The number of morpholine rings is 1. The summed E-state index contributed by atoms with van der Waals surface area (Å²) in [4.78, 5) is 14.3. The number of phenolic OH excluding ortho intramolecular Hbond substituents is 1. The van der Waals surface area contributed by atoms with Crippen LogP contribution in [0, 0.1) is 0 Å². The second-order valence-electron chi connectivity index (χ2n) is 5.06. The number of phenols is 1. The van der Waals surface area contributed by atoms with Crippen molar-refractivity contribution in [1.82, 2.24) is 10.2 Å². The molecule has 0 aliphatic carbocycles. The summed E-state index contributed by atoms with van der Waals surface area (Å²) in [5.41, 5.74) is 6.19. The molecule has 6 nitrogen and oxygen atoms in total. The van der Waals surface area contributed by atoms with Gasteiger partial charge >= 0.3 is 0 Å². The highest BCUT2D eigenvalue weighted by atomic mass is 16.5. The van der Waals surface area contributed by atoms with E-state index in [2.05, 4.69) is 10.2 Å². The third kappa shape index (κ3) is 3.85. The van der Waals surface area contributed by atoms with Gasteiger partial charge in [-0.3, -0.25) is 9.69 Å². The molecule has 1 fully saturated rings. The SMILES string of the molecule is CC(CN1CCOCC1)NC(=O)c1ccc(N)c(O)c1. The number of hydrogen-bond acceptors (Lipinski definition) is 5. The van der Waals surface area contributed by atoms with E-state index in [0.717, 1.165) is 32.8 Å². The largest absolute Gasteiger partial charge is 0.506 e. The van der Waals surface area contributed by atoms with Crippen LogP contribution in [0.4, 0.5) is 5.69 Å². The number of nitrogen functional groups attached to an aromatic ring is 1. The van der Waals surface area contributed by atoms with Gasteiger partial charge in [-0.1, -0.05) is 0 Å². The second-order valence-corrected chi connectivity index (χ2v) is 5.06. The topological polar surface area (TPSA) is 87.8 Å². The molecular weight excluding hydrogens is 258 g/mol. The van der Waals surface area contributed by atoms with Crippen molar-refractivity contribution >= 4 is 11.6 Å². The molecule has 1 atom stereocenters. The van der Waals surface area contributed by atoms with Gasteiger partial charge in [0.15, 0.2) is 0 Å². The molecule has 1 amide bonds. The Balaban J connectivity index is 1.87. The molecule has 1 aromatic carbocycles. The van der Waals surface area contributed by atoms with Gasteiger partial charge in [-0.05, 0) is 25.1 Å². The van der Waals surface area contributed by atoms with Gasteiger partial charge in [0, 0.05) is 31.2 Å². The average Bonchev–Trinajstić information content (AvgIpc) is 2.42. The van der Waals surface area contributed by atoms with Crippen molar-refractivity contribution < 1.29 is 14.6 Å². The van der Waals surface area contributed by atoms with Gasteiger partial charge in [-0.25, -0.2) is 0 Å². The molecule has 0 bridgehead atoms. The van der Waals surface area contributed by atoms with Crippen LogP contribution in [0.15, 0.2) is 18.2 Å². The monoisotopic (exact) mass is 279 g/mol. The summed E-state index contributed by atoms with van der Waals surface area (Å²) in [5.74, 6) is -0.278. The summed E-state index contributed by atoms with van der Waals surface area (Å²) in [5, 5.41) is 12.4.